The van der Waals surface area contributed by atoms with E-state index in [-0.39, 0.29) is 26.1 Å². The highest BCUT2D eigenvalue weighted by Crippen LogP contribution is 2.26. The lowest BCUT2D eigenvalue weighted by atomic mass is 9.98. The molecule has 11 atom stereocenters. The minimum absolute atomic E-state index is 0.155. The second kappa shape index (κ2) is 39.4. The zero-order valence-corrected chi connectivity index (χ0v) is 41.1. The van der Waals surface area contributed by atoms with E-state index < -0.39 is 92.7 Å². The molecule has 2 fully saturated rings. The fourth-order valence-corrected chi connectivity index (χ4v) is 8.01. The van der Waals surface area contributed by atoms with E-state index in [9.17, 15) is 45.3 Å². The number of carbonyl (C=O) groups excluding carboxylic acids is 2. The largest absolute Gasteiger partial charge is 0.462 e. The van der Waals surface area contributed by atoms with Crippen LogP contribution in [0.25, 0.3) is 0 Å². The van der Waals surface area contributed by atoms with Gasteiger partial charge in [0.2, 0.25) is 0 Å². The average molecular weight is 957 g/mol. The zero-order valence-electron chi connectivity index (χ0n) is 41.1. The van der Waals surface area contributed by atoms with Crippen LogP contribution in [0.3, 0.4) is 0 Å². The standard InChI is InChI=1S/C52H92O15/c1-3-5-7-9-11-13-15-17-18-19-20-21-23-25-27-29-31-33-35-44(55)65-40(37-62-43(54)34-32-30-28-26-24-22-16-14-12-10-8-6-4-2)38-63-51-50(61)48(59)46(57)42(67-51)39-64-52-49(60)47(58)45(56)41(36-53)66-52/h13-16,18-19,40-42,45-53,56-61H,3-12,17,20-39H2,1-2H3/b15-13-,16-14-,19-18-. The molecular weight excluding hydrogens is 865 g/mol. The summed E-state index contributed by atoms with van der Waals surface area (Å²) < 4.78 is 33.6. The summed E-state index contributed by atoms with van der Waals surface area (Å²) in [6.07, 6.45) is 24.5. The molecule has 0 spiro atoms. The van der Waals surface area contributed by atoms with Gasteiger partial charge in [-0.05, 0) is 70.6 Å². The van der Waals surface area contributed by atoms with Crippen molar-refractivity contribution in [3.8, 4) is 0 Å². The van der Waals surface area contributed by atoms with Gasteiger partial charge in [-0.3, -0.25) is 9.59 Å². The van der Waals surface area contributed by atoms with Crippen LogP contribution < -0.4 is 0 Å². The Labute approximate surface area is 402 Å². The molecule has 15 heteroatoms. The first-order valence-electron chi connectivity index (χ1n) is 26.1. The number of hydrogen-bond acceptors (Lipinski definition) is 15. The number of esters is 2. The molecule has 390 valence electrons. The fraction of sp³-hybridized carbons (Fsp3) is 0.846. The molecular formula is C52H92O15. The van der Waals surface area contributed by atoms with Gasteiger partial charge < -0.3 is 64.2 Å². The molecule has 2 heterocycles. The molecule has 0 saturated carbocycles. The summed E-state index contributed by atoms with van der Waals surface area (Å²) in [6, 6.07) is 0. The van der Waals surface area contributed by atoms with Gasteiger partial charge in [-0.1, -0.05) is 140 Å². The van der Waals surface area contributed by atoms with Crippen molar-refractivity contribution in [1.82, 2.24) is 0 Å². The molecule has 2 rings (SSSR count). The molecule has 0 amide bonds. The van der Waals surface area contributed by atoms with Gasteiger partial charge in [0, 0.05) is 12.8 Å². The van der Waals surface area contributed by atoms with Gasteiger partial charge in [0.15, 0.2) is 18.7 Å². The van der Waals surface area contributed by atoms with Crippen LogP contribution in [0.2, 0.25) is 0 Å². The lowest BCUT2D eigenvalue weighted by molar-refractivity contribution is -0.332. The van der Waals surface area contributed by atoms with E-state index in [4.69, 9.17) is 28.4 Å². The molecule has 0 bridgehead atoms. The maximum Gasteiger partial charge on any atom is 0.306 e. The third kappa shape index (κ3) is 27.6. The lowest BCUT2D eigenvalue weighted by Gasteiger charge is -2.42. The molecule has 0 aliphatic carbocycles. The van der Waals surface area contributed by atoms with E-state index in [2.05, 4.69) is 50.3 Å². The summed E-state index contributed by atoms with van der Waals surface area (Å²) in [5.74, 6) is -0.942. The molecule has 15 nitrogen and oxygen atoms in total. The smallest absolute Gasteiger partial charge is 0.306 e. The van der Waals surface area contributed by atoms with Crippen molar-refractivity contribution in [3.63, 3.8) is 0 Å². The highest BCUT2D eigenvalue weighted by atomic mass is 16.7. The first kappa shape index (κ1) is 60.8. The first-order valence-corrected chi connectivity index (χ1v) is 26.1. The Morgan fingerprint density at radius 1 is 0.478 bits per heavy atom. The fourth-order valence-electron chi connectivity index (χ4n) is 8.01. The summed E-state index contributed by atoms with van der Waals surface area (Å²) in [4.78, 5) is 25.7. The summed E-state index contributed by atoms with van der Waals surface area (Å²) >= 11 is 0. The van der Waals surface area contributed by atoms with E-state index in [1.165, 1.54) is 64.2 Å². The predicted molar refractivity (Wildman–Crippen MR) is 257 cm³/mol. The number of allylic oxidation sites excluding steroid dienone is 6. The van der Waals surface area contributed by atoms with Crippen LogP contribution in [0.1, 0.15) is 187 Å². The highest BCUT2D eigenvalue weighted by Gasteiger charge is 2.47. The van der Waals surface area contributed by atoms with Gasteiger partial charge in [-0.15, -0.1) is 0 Å². The summed E-state index contributed by atoms with van der Waals surface area (Å²) in [5, 5.41) is 72.1. The van der Waals surface area contributed by atoms with Crippen LogP contribution in [-0.4, -0.2) is 142 Å². The molecule has 0 aromatic carbocycles. The highest BCUT2D eigenvalue weighted by molar-refractivity contribution is 5.70. The van der Waals surface area contributed by atoms with E-state index in [0.717, 1.165) is 83.5 Å². The first-order chi connectivity index (χ1) is 32.5. The van der Waals surface area contributed by atoms with Crippen LogP contribution in [0, 0.1) is 0 Å². The monoisotopic (exact) mass is 957 g/mol. The zero-order chi connectivity index (χ0) is 48.9. The normalized spacial score (nSPS) is 26.2. The number of carbonyl (C=O) groups is 2. The molecule has 2 aliphatic heterocycles. The molecule has 11 unspecified atom stereocenters. The van der Waals surface area contributed by atoms with E-state index >= 15 is 0 Å². The topological polar surface area (TPSA) is 231 Å². The van der Waals surface area contributed by atoms with Crippen molar-refractivity contribution < 1.29 is 73.8 Å². The van der Waals surface area contributed by atoms with Gasteiger partial charge in [-0.2, -0.15) is 0 Å². The summed E-state index contributed by atoms with van der Waals surface area (Å²) in [7, 11) is 0. The third-order valence-corrected chi connectivity index (χ3v) is 12.3. The number of rotatable bonds is 40. The van der Waals surface area contributed by atoms with Crippen molar-refractivity contribution in [1.29, 1.82) is 0 Å². The van der Waals surface area contributed by atoms with Crippen LogP contribution in [0.15, 0.2) is 36.5 Å². The molecule has 2 saturated heterocycles. The van der Waals surface area contributed by atoms with Crippen molar-refractivity contribution in [2.24, 2.45) is 0 Å². The lowest BCUT2D eigenvalue weighted by Crippen LogP contribution is -2.61. The number of unbranched alkanes of at least 4 members (excludes halogenated alkanes) is 20. The Bertz CT molecular complexity index is 1310. The summed E-state index contributed by atoms with van der Waals surface area (Å²) in [6.45, 7) is 2.54. The van der Waals surface area contributed by atoms with Crippen LogP contribution in [0.4, 0.5) is 0 Å². The van der Waals surface area contributed by atoms with E-state index in [0.29, 0.717) is 12.8 Å². The molecule has 0 aromatic rings. The van der Waals surface area contributed by atoms with Crippen molar-refractivity contribution >= 4 is 11.9 Å². The van der Waals surface area contributed by atoms with Gasteiger partial charge in [-0.25, -0.2) is 0 Å². The third-order valence-electron chi connectivity index (χ3n) is 12.3. The van der Waals surface area contributed by atoms with E-state index in [1.807, 2.05) is 0 Å². The Balaban J connectivity index is 1.81. The Morgan fingerprint density at radius 3 is 1.40 bits per heavy atom. The van der Waals surface area contributed by atoms with Gasteiger partial charge >= 0.3 is 11.9 Å². The van der Waals surface area contributed by atoms with Crippen LogP contribution >= 0.6 is 0 Å². The second-order valence-electron chi connectivity index (χ2n) is 18.3. The Hall–Kier alpha value is -2.28. The Morgan fingerprint density at radius 2 is 0.896 bits per heavy atom. The number of aliphatic hydroxyl groups excluding tert-OH is 7. The molecule has 67 heavy (non-hydrogen) atoms. The molecule has 0 aromatic heterocycles. The molecule has 7 N–H and O–H groups in total. The van der Waals surface area contributed by atoms with Crippen LogP contribution in [0.5, 0.6) is 0 Å². The summed E-state index contributed by atoms with van der Waals surface area (Å²) in [5.41, 5.74) is 0. The minimum atomic E-state index is -1.77. The van der Waals surface area contributed by atoms with Gasteiger partial charge in [0.05, 0.1) is 19.8 Å². The predicted octanol–water partition coefficient (Wildman–Crippen LogP) is 7.32. The SMILES string of the molecule is CCCCCC/C=C\C/C=C\CCCCCCCCCC(=O)OC(COC(=O)CCCCCCC/C=C\CCCCCC)COC1OC(COC2OC(CO)C(O)C(O)C2O)C(O)C(O)C1O. The Kier molecular flexibility index (Phi) is 35.8. The molecule has 0 radical (unpaired) electrons. The second-order valence-corrected chi connectivity index (χ2v) is 18.3. The quantitative estimate of drug-likeness (QED) is 0.0181. The van der Waals surface area contributed by atoms with Gasteiger partial charge in [0.1, 0.15) is 55.4 Å². The average Bonchev–Trinajstić information content (AvgIpc) is 3.32. The van der Waals surface area contributed by atoms with E-state index in [1.54, 1.807) is 0 Å². The maximum atomic E-state index is 13.0. The van der Waals surface area contributed by atoms with Crippen molar-refractivity contribution in [2.75, 3.05) is 26.4 Å². The number of aliphatic hydroxyl groups is 7. The van der Waals surface area contributed by atoms with Crippen molar-refractivity contribution in [2.45, 2.75) is 255 Å². The number of hydrogen-bond donors (Lipinski definition) is 7. The minimum Gasteiger partial charge on any atom is -0.462 e. The maximum absolute atomic E-state index is 13.0. The van der Waals surface area contributed by atoms with Crippen LogP contribution in [-0.2, 0) is 38.0 Å². The number of ether oxygens (including phenoxy) is 6. The molecule has 2 aliphatic rings. The van der Waals surface area contributed by atoms with Crippen molar-refractivity contribution in [3.05, 3.63) is 36.5 Å². The van der Waals surface area contributed by atoms with Gasteiger partial charge in [0.25, 0.3) is 0 Å².